The molecule has 0 fully saturated rings. The van der Waals surface area contributed by atoms with Gasteiger partial charge in [-0.1, -0.05) is 12.1 Å². The zero-order valence-electron chi connectivity index (χ0n) is 16.5. The fraction of sp³-hybridized carbons (Fsp3) is 0.190. The third-order valence-corrected chi connectivity index (χ3v) is 5.10. The quantitative estimate of drug-likeness (QED) is 0.560. The Bertz CT molecular complexity index is 1100. The number of nitrogens with zero attached hydrogens (tertiary/aromatic N) is 1. The van der Waals surface area contributed by atoms with Crippen LogP contribution in [0.25, 0.3) is 0 Å². The van der Waals surface area contributed by atoms with Crippen molar-refractivity contribution < 1.29 is 27.5 Å². The molecule has 10 heteroatoms. The number of halogens is 3. The van der Waals surface area contributed by atoms with Gasteiger partial charge in [-0.25, -0.2) is 4.98 Å². The molecule has 0 aliphatic rings. The first-order valence-electron chi connectivity index (χ1n) is 9.03. The molecule has 3 aromatic rings. The lowest BCUT2D eigenvalue weighted by molar-refractivity contribution is -0.137. The van der Waals surface area contributed by atoms with Gasteiger partial charge in [0.25, 0.3) is 5.91 Å². The van der Waals surface area contributed by atoms with Crippen LogP contribution in [-0.4, -0.2) is 23.9 Å². The second-order valence-corrected chi connectivity index (χ2v) is 7.44. The minimum Gasteiger partial charge on any atom is -0.495 e. The number of methoxy groups -OCH3 is 1. The van der Waals surface area contributed by atoms with Crippen molar-refractivity contribution in [1.82, 2.24) is 4.98 Å². The number of aromatic nitrogens is 1. The Labute approximate surface area is 180 Å². The second-order valence-electron chi connectivity index (χ2n) is 6.58. The Morgan fingerprint density at radius 1 is 1.10 bits per heavy atom. The number of hydrogen-bond acceptors (Lipinski definition) is 5. The summed E-state index contributed by atoms with van der Waals surface area (Å²) in [4.78, 5) is 29.1. The Morgan fingerprint density at radius 3 is 2.39 bits per heavy atom. The SMILES string of the molecule is COc1ccc(C(=O)Nc2nc(C)cs2)cc1NC(=O)Cc1ccc(C(F)(F)F)cc1. The van der Waals surface area contributed by atoms with Gasteiger partial charge in [0, 0.05) is 10.9 Å². The number of carbonyl (C=O) groups is 2. The predicted octanol–water partition coefficient (Wildman–Crippen LogP) is 4.91. The van der Waals surface area contributed by atoms with E-state index in [1.807, 2.05) is 6.92 Å². The molecule has 1 heterocycles. The number of benzene rings is 2. The summed E-state index contributed by atoms with van der Waals surface area (Å²) in [6, 6.07) is 8.89. The summed E-state index contributed by atoms with van der Waals surface area (Å²) in [5.41, 5.74) is 0.956. The number of carbonyl (C=O) groups excluding carboxylic acids is 2. The van der Waals surface area contributed by atoms with Gasteiger partial charge in [0.1, 0.15) is 5.75 Å². The molecule has 3 rings (SSSR count). The Kier molecular flexibility index (Phi) is 6.59. The third kappa shape index (κ3) is 5.82. The van der Waals surface area contributed by atoms with E-state index in [2.05, 4.69) is 15.6 Å². The molecule has 0 bridgehead atoms. The summed E-state index contributed by atoms with van der Waals surface area (Å²) in [5, 5.41) is 7.57. The highest BCUT2D eigenvalue weighted by atomic mass is 32.1. The van der Waals surface area contributed by atoms with Crippen molar-refractivity contribution in [3.05, 3.63) is 70.2 Å². The van der Waals surface area contributed by atoms with Crippen LogP contribution in [0, 0.1) is 6.92 Å². The summed E-state index contributed by atoms with van der Waals surface area (Å²) in [6.45, 7) is 1.81. The monoisotopic (exact) mass is 449 g/mol. The van der Waals surface area contributed by atoms with Gasteiger partial charge >= 0.3 is 6.18 Å². The summed E-state index contributed by atoms with van der Waals surface area (Å²) in [6.07, 6.45) is -4.58. The van der Waals surface area contributed by atoms with Gasteiger partial charge in [-0.05, 0) is 42.8 Å². The zero-order chi connectivity index (χ0) is 22.6. The number of anilines is 2. The molecule has 1 aromatic heterocycles. The van der Waals surface area contributed by atoms with Gasteiger partial charge in [0.05, 0.1) is 30.5 Å². The minimum absolute atomic E-state index is 0.143. The Morgan fingerprint density at radius 2 is 1.81 bits per heavy atom. The van der Waals surface area contributed by atoms with Crippen LogP contribution in [-0.2, 0) is 17.4 Å². The van der Waals surface area contributed by atoms with Crippen molar-refractivity contribution >= 4 is 34.0 Å². The molecule has 0 radical (unpaired) electrons. The Balaban J connectivity index is 1.71. The van der Waals surface area contributed by atoms with Crippen molar-refractivity contribution in [2.75, 3.05) is 17.7 Å². The highest BCUT2D eigenvalue weighted by Crippen LogP contribution is 2.29. The third-order valence-electron chi connectivity index (χ3n) is 4.22. The number of thiazole rings is 1. The lowest BCUT2D eigenvalue weighted by Gasteiger charge is -2.12. The molecule has 2 N–H and O–H groups in total. The largest absolute Gasteiger partial charge is 0.495 e. The lowest BCUT2D eigenvalue weighted by atomic mass is 10.1. The van der Waals surface area contributed by atoms with Crippen molar-refractivity contribution in [3.8, 4) is 5.75 Å². The molecule has 162 valence electrons. The molecule has 31 heavy (non-hydrogen) atoms. The molecule has 2 aromatic carbocycles. The zero-order valence-corrected chi connectivity index (χ0v) is 17.4. The van der Waals surface area contributed by atoms with Crippen molar-refractivity contribution in [1.29, 1.82) is 0 Å². The van der Waals surface area contributed by atoms with E-state index in [1.54, 1.807) is 11.4 Å². The van der Waals surface area contributed by atoms with Gasteiger partial charge < -0.3 is 10.1 Å². The number of rotatable bonds is 6. The second kappa shape index (κ2) is 9.17. The molecule has 0 spiro atoms. The van der Waals surface area contributed by atoms with Gasteiger partial charge in [-0.3, -0.25) is 14.9 Å². The fourth-order valence-corrected chi connectivity index (χ4v) is 3.40. The number of alkyl halides is 3. The number of aryl methyl sites for hydroxylation is 1. The summed E-state index contributed by atoms with van der Waals surface area (Å²) in [7, 11) is 1.42. The van der Waals surface area contributed by atoms with Crippen LogP contribution in [0.1, 0.15) is 27.2 Å². The maximum absolute atomic E-state index is 12.7. The van der Waals surface area contributed by atoms with E-state index in [1.165, 1.54) is 42.7 Å². The van der Waals surface area contributed by atoms with Crippen LogP contribution in [0.4, 0.5) is 24.0 Å². The van der Waals surface area contributed by atoms with E-state index in [4.69, 9.17) is 4.74 Å². The molecule has 0 unspecified atom stereocenters. The first-order chi connectivity index (χ1) is 14.7. The van der Waals surface area contributed by atoms with Crippen LogP contribution in [0.3, 0.4) is 0 Å². The molecular formula is C21H18F3N3O3S. The highest BCUT2D eigenvalue weighted by molar-refractivity contribution is 7.13. The Hall–Kier alpha value is -3.40. The maximum Gasteiger partial charge on any atom is 0.416 e. The first kappa shape index (κ1) is 22.3. The number of ether oxygens (including phenoxy) is 1. The van der Waals surface area contributed by atoms with E-state index in [0.717, 1.165) is 17.8 Å². The molecule has 0 saturated heterocycles. The average Bonchev–Trinajstić information content (AvgIpc) is 3.12. The van der Waals surface area contributed by atoms with Crippen molar-refractivity contribution in [3.63, 3.8) is 0 Å². The summed E-state index contributed by atoms with van der Waals surface area (Å²) >= 11 is 1.29. The number of hydrogen-bond donors (Lipinski definition) is 2. The highest BCUT2D eigenvalue weighted by Gasteiger charge is 2.30. The molecule has 0 saturated carbocycles. The molecule has 6 nitrogen and oxygen atoms in total. The fourth-order valence-electron chi connectivity index (χ4n) is 2.72. The van der Waals surface area contributed by atoms with Crippen LogP contribution in [0.5, 0.6) is 5.75 Å². The van der Waals surface area contributed by atoms with E-state index >= 15 is 0 Å². The van der Waals surface area contributed by atoms with Crippen LogP contribution in [0.2, 0.25) is 0 Å². The van der Waals surface area contributed by atoms with Crippen molar-refractivity contribution in [2.24, 2.45) is 0 Å². The molecule has 0 aliphatic carbocycles. The minimum atomic E-state index is -4.44. The van der Waals surface area contributed by atoms with E-state index in [-0.39, 0.29) is 17.7 Å². The van der Waals surface area contributed by atoms with Crippen LogP contribution in [0.15, 0.2) is 47.8 Å². The van der Waals surface area contributed by atoms with Gasteiger partial charge in [0.15, 0.2) is 5.13 Å². The van der Waals surface area contributed by atoms with Gasteiger partial charge in [-0.2, -0.15) is 13.2 Å². The van der Waals surface area contributed by atoms with E-state index in [0.29, 0.717) is 16.4 Å². The lowest BCUT2D eigenvalue weighted by Crippen LogP contribution is -2.17. The van der Waals surface area contributed by atoms with Crippen LogP contribution >= 0.6 is 11.3 Å². The van der Waals surface area contributed by atoms with Crippen LogP contribution < -0.4 is 15.4 Å². The van der Waals surface area contributed by atoms with E-state index in [9.17, 15) is 22.8 Å². The average molecular weight is 449 g/mol. The van der Waals surface area contributed by atoms with Gasteiger partial charge in [0.2, 0.25) is 5.91 Å². The number of nitrogens with one attached hydrogen (secondary N) is 2. The smallest absolute Gasteiger partial charge is 0.416 e. The molecular weight excluding hydrogens is 431 g/mol. The molecule has 2 amide bonds. The maximum atomic E-state index is 12.7. The molecule has 0 atom stereocenters. The van der Waals surface area contributed by atoms with E-state index < -0.39 is 23.6 Å². The normalized spacial score (nSPS) is 11.1. The summed E-state index contributed by atoms with van der Waals surface area (Å²) in [5.74, 6) is -0.538. The topological polar surface area (TPSA) is 80.3 Å². The predicted molar refractivity (Wildman–Crippen MR) is 112 cm³/mol. The standard InChI is InChI=1S/C21H18F3N3O3S/c1-12-11-31-20(25-12)27-19(29)14-5-8-17(30-2)16(10-14)26-18(28)9-13-3-6-15(7-4-13)21(22,23)24/h3-8,10-11H,9H2,1-2H3,(H,26,28)(H,25,27,29). The van der Waals surface area contributed by atoms with Crippen molar-refractivity contribution in [2.45, 2.75) is 19.5 Å². The number of amides is 2. The summed E-state index contributed by atoms with van der Waals surface area (Å²) < 4.78 is 43.2. The van der Waals surface area contributed by atoms with Gasteiger partial charge in [-0.15, -0.1) is 11.3 Å². The first-order valence-corrected chi connectivity index (χ1v) is 9.91. The molecule has 0 aliphatic heterocycles.